The van der Waals surface area contributed by atoms with Gasteiger partial charge in [0.05, 0.1) is 26.1 Å². The molecule has 0 aromatic heterocycles. The first-order valence-corrected chi connectivity index (χ1v) is 7.88. The first kappa shape index (κ1) is 15.4. The number of rotatable bonds is 9. The number of hydrogen-bond acceptors (Lipinski definition) is 2. The van der Waals surface area contributed by atoms with Crippen LogP contribution in [-0.2, 0) is 9.47 Å². The highest BCUT2D eigenvalue weighted by molar-refractivity contribution is 5.19. The number of fused-ring (bicyclic) bond motifs is 2. The van der Waals surface area contributed by atoms with E-state index in [2.05, 4.69) is 25.7 Å². The molecule has 112 valence electrons. The summed E-state index contributed by atoms with van der Waals surface area (Å²) in [5.74, 6) is 2.03. The molecule has 2 nitrogen and oxygen atoms in total. The van der Waals surface area contributed by atoms with E-state index in [0.29, 0.717) is 18.4 Å². The largest absolute Gasteiger partial charge is 0.501 e. The minimum Gasteiger partial charge on any atom is -0.501 e. The first-order valence-electron chi connectivity index (χ1n) is 7.88. The van der Waals surface area contributed by atoms with Gasteiger partial charge < -0.3 is 9.47 Å². The highest BCUT2D eigenvalue weighted by Crippen LogP contribution is 2.58. The van der Waals surface area contributed by atoms with Crippen LogP contribution in [0.4, 0.5) is 0 Å². The Morgan fingerprint density at radius 2 is 2.20 bits per heavy atom. The molecule has 1 saturated carbocycles. The molecule has 0 aromatic carbocycles. The standard InChI is InChI=1S/C18H28O2/c1-4-7-17-15-8-9-16(12-15)18(17,13-19-10-5-2)14-20-11-6-3/h5-6,8-9,11,15-17H,2,4,7,10,12-14H2,1,3H3. The fourth-order valence-corrected chi connectivity index (χ4v) is 4.07. The van der Waals surface area contributed by atoms with Crippen molar-refractivity contribution < 1.29 is 9.47 Å². The molecule has 20 heavy (non-hydrogen) atoms. The Morgan fingerprint density at radius 3 is 2.90 bits per heavy atom. The van der Waals surface area contributed by atoms with Gasteiger partial charge in [-0.25, -0.2) is 0 Å². The molecule has 2 aliphatic rings. The molecule has 0 N–H and O–H groups in total. The van der Waals surface area contributed by atoms with E-state index in [9.17, 15) is 0 Å². The summed E-state index contributed by atoms with van der Waals surface area (Å²) in [6, 6.07) is 0. The van der Waals surface area contributed by atoms with E-state index in [4.69, 9.17) is 9.47 Å². The van der Waals surface area contributed by atoms with Crippen LogP contribution in [0.15, 0.2) is 37.1 Å². The van der Waals surface area contributed by atoms with E-state index >= 15 is 0 Å². The molecule has 2 aliphatic carbocycles. The topological polar surface area (TPSA) is 18.5 Å². The van der Waals surface area contributed by atoms with Gasteiger partial charge in [0, 0.05) is 5.41 Å². The molecule has 0 heterocycles. The predicted octanol–water partition coefficient (Wildman–Crippen LogP) is 4.35. The molecule has 2 rings (SSSR count). The molecule has 0 spiro atoms. The van der Waals surface area contributed by atoms with Crippen molar-refractivity contribution in [2.45, 2.75) is 33.1 Å². The van der Waals surface area contributed by atoms with Gasteiger partial charge in [-0.05, 0) is 37.5 Å². The first-order chi connectivity index (χ1) is 9.78. The second-order valence-electron chi connectivity index (χ2n) is 6.10. The minimum absolute atomic E-state index is 0.151. The summed E-state index contributed by atoms with van der Waals surface area (Å²) in [5.41, 5.74) is 0.151. The molecule has 2 heteroatoms. The zero-order valence-electron chi connectivity index (χ0n) is 12.9. The van der Waals surface area contributed by atoms with Crippen molar-refractivity contribution in [3.8, 4) is 0 Å². The van der Waals surface area contributed by atoms with Crippen molar-refractivity contribution in [2.24, 2.45) is 23.2 Å². The van der Waals surface area contributed by atoms with Crippen LogP contribution in [0.2, 0.25) is 0 Å². The van der Waals surface area contributed by atoms with Crippen LogP contribution < -0.4 is 0 Å². The number of ether oxygens (including phenoxy) is 2. The van der Waals surface area contributed by atoms with E-state index in [1.54, 1.807) is 0 Å². The molecular formula is C18H28O2. The summed E-state index contributed by atoms with van der Waals surface area (Å²) >= 11 is 0. The number of allylic oxidation sites excluding steroid dienone is 3. The third-order valence-electron chi connectivity index (χ3n) is 4.90. The summed E-state index contributed by atoms with van der Waals surface area (Å²) in [4.78, 5) is 0. The van der Waals surface area contributed by atoms with Gasteiger partial charge in [-0.15, -0.1) is 6.58 Å². The maximum atomic E-state index is 5.87. The lowest BCUT2D eigenvalue weighted by molar-refractivity contribution is -0.0403. The van der Waals surface area contributed by atoms with E-state index in [0.717, 1.165) is 19.1 Å². The summed E-state index contributed by atoms with van der Waals surface area (Å²) in [7, 11) is 0. The second-order valence-corrected chi connectivity index (χ2v) is 6.10. The molecule has 0 amide bonds. The molecule has 4 unspecified atom stereocenters. The maximum Gasteiger partial charge on any atom is 0.0959 e. The third-order valence-corrected chi connectivity index (χ3v) is 4.90. The van der Waals surface area contributed by atoms with Crippen molar-refractivity contribution in [3.63, 3.8) is 0 Å². The zero-order valence-corrected chi connectivity index (χ0v) is 12.9. The van der Waals surface area contributed by atoms with Crippen molar-refractivity contribution in [2.75, 3.05) is 19.8 Å². The van der Waals surface area contributed by atoms with Gasteiger partial charge in [0.2, 0.25) is 0 Å². The lowest BCUT2D eigenvalue weighted by Gasteiger charge is -2.41. The van der Waals surface area contributed by atoms with E-state index in [1.807, 2.05) is 25.3 Å². The smallest absolute Gasteiger partial charge is 0.0959 e. The Hall–Kier alpha value is -1.02. The normalized spacial score (nSPS) is 35.0. The maximum absolute atomic E-state index is 5.87. The average Bonchev–Trinajstić information content (AvgIpc) is 3.02. The van der Waals surface area contributed by atoms with Crippen LogP contribution in [0.25, 0.3) is 0 Å². The van der Waals surface area contributed by atoms with Gasteiger partial charge in [-0.1, -0.05) is 37.6 Å². The van der Waals surface area contributed by atoms with Crippen molar-refractivity contribution in [3.05, 3.63) is 37.1 Å². The average molecular weight is 276 g/mol. The highest BCUT2D eigenvalue weighted by Gasteiger charge is 2.55. The Balaban J connectivity index is 2.14. The van der Waals surface area contributed by atoms with Crippen molar-refractivity contribution in [1.82, 2.24) is 0 Å². The summed E-state index contributed by atoms with van der Waals surface area (Å²) in [6.07, 6.45) is 14.2. The Morgan fingerprint density at radius 1 is 1.35 bits per heavy atom. The third kappa shape index (κ3) is 2.85. The fraction of sp³-hybridized carbons (Fsp3) is 0.667. The monoisotopic (exact) mass is 276 g/mol. The quantitative estimate of drug-likeness (QED) is 0.354. The zero-order chi connectivity index (χ0) is 14.4. The summed E-state index contributed by atoms with van der Waals surface area (Å²) < 4.78 is 11.7. The molecule has 0 radical (unpaired) electrons. The van der Waals surface area contributed by atoms with Gasteiger partial charge in [0.15, 0.2) is 0 Å². The Labute approximate surface area is 123 Å². The summed E-state index contributed by atoms with van der Waals surface area (Å²) in [5, 5.41) is 0. The van der Waals surface area contributed by atoms with Gasteiger partial charge in [0.1, 0.15) is 0 Å². The van der Waals surface area contributed by atoms with Crippen LogP contribution in [0.3, 0.4) is 0 Å². The van der Waals surface area contributed by atoms with Gasteiger partial charge in [0.25, 0.3) is 0 Å². The molecule has 0 aliphatic heterocycles. The van der Waals surface area contributed by atoms with E-state index in [-0.39, 0.29) is 5.41 Å². The molecule has 2 bridgehead atoms. The van der Waals surface area contributed by atoms with Gasteiger partial charge in [-0.2, -0.15) is 0 Å². The van der Waals surface area contributed by atoms with Gasteiger partial charge in [-0.3, -0.25) is 0 Å². The fourth-order valence-electron chi connectivity index (χ4n) is 4.07. The lowest BCUT2D eigenvalue weighted by Crippen LogP contribution is -2.42. The predicted molar refractivity (Wildman–Crippen MR) is 83.4 cm³/mol. The van der Waals surface area contributed by atoms with Crippen LogP contribution in [0.5, 0.6) is 0 Å². The Bertz CT molecular complexity index is 372. The van der Waals surface area contributed by atoms with Crippen LogP contribution in [-0.4, -0.2) is 19.8 Å². The van der Waals surface area contributed by atoms with Crippen molar-refractivity contribution in [1.29, 1.82) is 0 Å². The van der Waals surface area contributed by atoms with E-state index in [1.165, 1.54) is 19.3 Å². The number of hydrogen-bond donors (Lipinski definition) is 0. The van der Waals surface area contributed by atoms with Crippen LogP contribution in [0, 0.1) is 23.2 Å². The Kier molecular flexibility index (Phi) is 5.47. The lowest BCUT2D eigenvalue weighted by atomic mass is 9.67. The molecular weight excluding hydrogens is 248 g/mol. The minimum atomic E-state index is 0.151. The van der Waals surface area contributed by atoms with Crippen molar-refractivity contribution >= 4 is 0 Å². The van der Waals surface area contributed by atoms with Crippen LogP contribution >= 0.6 is 0 Å². The molecule has 0 saturated heterocycles. The highest BCUT2D eigenvalue weighted by atomic mass is 16.5. The van der Waals surface area contributed by atoms with Gasteiger partial charge >= 0.3 is 0 Å². The molecule has 4 atom stereocenters. The van der Waals surface area contributed by atoms with Crippen LogP contribution in [0.1, 0.15) is 33.1 Å². The summed E-state index contributed by atoms with van der Waals surface area (Å²) in [6.45, 7) is 10.2. The van der Waals surface area contributed by atoms with E-state index < -0.39 is 0 Å². The molecule has 0 aromatic rings. The molecule has 1 fully saturated rings. The second kappa shape index (κ2) is 7.12. The SMILES string of the molecule is C=CCOCC1(COC=CC)C2C=CC(C2)C1CCC.